The summed E-state index contributed by atoms with van der Waals surface area (Å²) in [5.41, 5.74) is 1.68. The molecule has 2 aromatic carbocycles. The molecule has 7 nitrogen and oxygen atoms in total. The predicted octanol–water partition coefficient (Wildman–Crippen LogP) is 2.43. The molecule has 156 valence electrons. The molecule has 1 fully saturated rings. The van der Waals surface area contributed by atoms with Crippen LogP contribution in [0.25, 0.3) is 11.1 Å². The van der Waals surface area contributed by atoms with E-state index in [1.807, 2.05) is 30.3 Å². The summed E-state index contributed by atoms with van der Waals surface area (Å²) in [4.78, 5) is 16.1. The van der Waals surface area contributed by atoms with Gasteiger partial charge >= 0.3 is 5.97 Å². The molecule has 3 rings (SSSR count). The monoisotopic (exact) mass is 417 g/mol. The number of nitrogens with zero attached hydrogens (tertiary/aromatic N) is 2. The van der Waals surface area contributed by atoms with E-state index in [1.54, 1.807) is 12.1 Å². The van der Waals surface area contributed by atoms with Gasteiger partial charge in [0.1, 0.15) is 0 Å². The third-order valence-corrected chi connectivity index (χ3v) is 6.46. The first-order valence-corrected chi connectivity index (χ1v) is 11.3. The van der Waals surface area contributed by atoms with Crippen molar-refractivity contribution in [2.45, 2.75) is 6.42 Å². The molecule has 2 aromatic rings. The number of rotatable bonds is 8. The Balaban J connectivity index is 1.69. The zero-order valence-electron chi connectivity index (χ0n) is 16.5. The molecular weight excluding hydrogens is 390 g/mol. The molecule has 1 aliphatic rings. The number of aromatic carboxylic acids is 1. The summed E-state index contributed by atoms with van der Waals surface area (Å²) in [6, 6.07) is 14.1. The number of likely N-dealkylation sites (N-methyl/N-ethyl adjacent to an activating group) is 1. The highest BCUT2D eigenvalue weighted by molar-refractivity contribution is 7.92. The third kappa shape index (κ3) is 6.03. The number of benzene rings is 2. The van der Waals surface area contributed by atoms with Gasteiger partial charge in [-0.3, -0.25) is 4.72 Å². The minimum atomic E-state index is -3.65. The number of nitrogens with one attached hydrogen (secondary N) is 1. The maximum Gasteiger partial charge on any atom is 0.337 e. The molecule has 1 saturated heterocycles. The number of hydrogen-bond acceptors (Lipinski definition) is 5. The van der Waals surface area contributed by atoms with Crippen molar-refractivity contribution >= 4 is 21.7 Å². The predicted molar refractivity (Wildman–Crippen MR) is 115 cm³/mol. The number of carboxylic acids is 1. The molecule has 29 heavy (non-hydrogen) atoms. The minimum Gasteiger partial charge on any atom is -0.478 e. The highest BCUT2D eigenvalue weighted by atomic mass is 32.2. The number of anilines is 1. The van der Waals surface area contributed by atoms with Gasteiger partial charge in [0.05, 0.1) is 17.0 Å². The fourth-order valence-corrected chi connectivity index (χ4v) is 4.51. The highest BCUT2D eigenvalue weighted by Crippen LogP contribution is 2.26. The summed E-state index contributed by atoms with van der Waals surface area (Å²) in [5.74, 6) is -1.21. The molecule has 0 radical (unpaired) electrons. The zero-order chi connectivity index (χ0) is 20.9. The average Bonchev–Trinajstić information content (AvgIpc) is 2.69. The lowest BCUT2D eigenvalue weighted by Gasteiger charge is -2.32. The number of piperazine rings is 1. The van der Waals surface area contributed by atoms with Crippen LogP contribution in [0.5, 0.6) is 0 Å². The molecule has 0 spiro atoms. The standard InChI is InChI=1S/C21H27N3O4S/c1-23-11-13-24(14-12-23)10-5-15-29(27,28)22-20-16-18(8-9-19(20)21(25)26)17-6-3-2-4-7-17/h2-4,6-9,16,22H,5,10-15H2,1H3,(H,25,26). The second kappa shape index (κ2) is 9.39. The Kier molecular flexibility index (Phi) is 6.89. The van der Waals surface area contributed by atoms with Gasteiger partial charge in [-0.25, -0.2) is 13.2 Å². The Hall–Kier alpha value is -2.42. The molecule has 2 N–H and O–H groups in total. The SMILES string of the molecule is CN1CCN(CCCS(=O)(=O)Nc2cc(-c3ccccc3)ccc2C(=O)O)CC1. The largest absolute Gasteiger partial charge is 0.478 e. The van der Waals surface area contributed by atoms with Crippen molar-refractivity contribution in [2.24, 2.45) is 0 Å². The van der Waals surface area contributed by atoms with Crippen molar-refractivity contribution < 1.29 is 18.3 Å². The van der Waals surface area contributed by atoms with E-state index in [1.165, 1.54) is 6.07 Å². The number of carbonyl (C=O) groups is 1. The van der Waals surface area contributed by atoms with Crippen LogP contribution < -0.4 is 4.72 Å². The first-order valence-electron chi connectivity index (χ1n) is 9.68. The van der Waals surface area contributed by atoms with E-state index in [0.29, 0.717) is 13.0 Å². The Morgan fingerprint density at radius 1 is 1.03 bits per heavy atom. The number of hydrogen-bond donors (Lipinski definition) is 2. The van der Waals surface area contributed by atoms with Crippen LogP contribution in [0.4, 0.5) is 5.69 Å². The van der Waals surface area contributed by atoms with Crippen LogP contribution in [-0.4, -0.2) is 74.8 Å². The molecule has 1 heterocycles. The maximum atomic E-state index is 12.6. The summed E-state index contributed by atoms with van der Waals surface area (Å²) in [5, 5.41) is 9.45. The Bertz CT molecular complexity index is 940. The van der Waals surface area contributed by atoms with Gasteiger partial charge in [0, 0.05) is 26.2 Å². The van der Waals surface area contributed by atoms with Gasteiger partial charge in [-0.15, -0.1) is 0 Å². The maximum absolute atomic E-state index is 12.6. The van der Waals surface area contributed by atoms with Crippen LogP contribution in [0, 0.1) is 0 Å². The van der Waals surface area contributed by atoms with Gasteiger partial charge in [0.2, 0.25) is 10.0 Å². The lowest BCUT2D eigenvalue weighted by molar-refractivity contribution is 0.0698. The normalized spacial score (nSPS) is 15.9. The molecule has 0 saturated carbocycles. The first-order chi connectivity index (χ1) is 13.8. The number of sulfonamides is 1. The fraction of sp³-hybridized carbons (Fsp3) is 0.381. The molecule has 1 aliphatic heterocycles. The second-order valence-corrected chi connectivity index (χ2v) is 9.19. The zero-order valence-corrected chi connectivity index (χ0v) is 17.4. The second-order valence-electron chi connectivity index (χ2n) is 7.35. The molecule has 0 amide bonds. The number of carboxylic acid groups (broad SMARTS) is 1. The summed E-state index contributed by atoms with van der Waals surface area (Å²) in [7, 11) is -1.57. The van der Waals surface area contributed by atoms with E-state index in [9.17, 15) is 18.3 Å². The summed E-state index contributed by atoms with van der Waals surface area (Å²) in [6.45, 7) is 4.56. The van der Waals surface area contributed by atoms with Gasteiger partial charge in [-0.2, -0.15) is 0 Å². The van der Waals surface area contributed by atoms with Gasteiger partial charge in [0.15, 0.2) is 0 Å². The van der Waals surface area contributed by atoms with E-state index in [2.05, 4.69) is 21.6 Å². The minimum absolute atomic E-state index is 0.0477. The van der Waals surface area contributed by atoms with E-state index in [-0.39, 0.29) is 17.0 Å². The van der Waals surface area contributed by atoms with E-state index in [4.69, 9.17) is 0 Å². The van der Waals surface area contributed by atoms with E-state index >= 15 is 0 Å². The molecule has 0 atom stereocenters. The third-order valence-electron chi connectivity index (χ3n) is 5.11. The van der Waals surface area contributed by atoms with Crippen LogP contribution in [0.15, 0.2) is 48.5 Å². The smallest absolute Gasteiger partial charge is 0.337 e. The van der Waals surface area contributed by atoms with E-state index < -0.39 is 16.0 Å². The summed E-state index contributed by atoms with van der Waals surface area (Å²) >= 11 is 0. The van der Waals surface area contributed by atoms with Crippen molar-refractivity contribution in [2.75, 3.05) is 50.2 Å². The Labute approximate surface area is 172 Å². The lowest BCUT2D eigenvalue weighted by Crippen LogP contribution is -2.45. The van der Waals surface area contributed by atoms with E-state index in [0.717, 1.165) is 37.3 Å². The van der Waals surface area contributed by atoms with Crippen molar-refractivity contribution in [3.8, 4) is 11.1 Å². The molecule has 8 heteroatoms. The van der Waals surface area contributed by atoms with Crippen LogP contribution >= 0.6 is 0 Å². The van der Waals surface area contributed by atoms with Crippen LogP contribution in [-0.2, 0) is 10.0 Å². The van der Waals surface area contributed by atoms with Gasteiger partial charge in [0.25, 0.3) is 0 Å². The molecular formula is C21H27N3O4S. The fourth-order valence-electron chi connectivity index (χ4n) is 3.39. The molecule has 0 aromatic heterocycles. The van der Waals surface area contributed by atoms with Gasteiger partial charge in [-0.05, 0) is 43.3 Å². The van der Waals surface area contributed by atoms with Crippen molar-refractivity contribution in [1.82, 2.24) is 9.80 Å². The highest BCUT2D eigenvalue weighted by Gasteiger charge is 2.19. The lowest BCUT2D eigenvalue weighted by atomic mass is 10.0. The Morgan fingerprint density at radius 2 is 1.72 bits per heavy atom. The van der Waals surface area contributed by atoms with Crippen LogP contribution in [0.2, 0.25) is 0 Å². The quantitative estimate of drug-likeness (QED) is 0.686. The molecule has 0 unspecified atom stereocenters. The summed E-state index contributed by atoms with van der Waals surface area (Å²) in [6.07, 6.45) is 0.500. The van der Waals surface area contributed by atoms with Crippen LogP contribution in [0.3, 0.4) is 0 Å². The molecule has 0 bridgehead atoms. The van der Waals surface area contributed by atoms with Crippen molar-refractivity contribution in [3.63, 3.8) is 0 Å². The van der Waals surface area contributed by atoms with Crippen molar-refractivity contribution in [3.05, 3.63) is 54.1 Å². The van der Waals surface area contributed by atoms with Crippen LogP contribution in [0.1, 0.15) is 16.8 Å². The summed E-state index contributed by atoms with van der Waals surface area (Å²) < 4.78 is 27.7. The topological polar surface area (TPSA) is 90.0 Å². The van der Waals surface area contributed by atoms with Gasteiger partial charge < -0.3 is 14.9 Å². The molecule has 0 aliphatic carbocycles. The van der Waals surface area contributed by atoms with Gasteiger partial charge in [-0.1, -0.05) is 36.4 Å². The first kappa shape index (κ1) is 21.3. The Morgan fingerprint density at radius 3 is 2.38 bits per heavy atom. The van der Waals surface area contributed by atoms with Crippen molar-refractivity contribution in [1.29, 1.82) is 0 Å². The average molecular weight is 418 g/mol.